The normalized spacial score (nSPS) is 38.1. The van der Waals surface area contributed by atoms with E-state index < -0.39 is 0 Å². The minimum Gasteiger partial charge on any atom is -0.397 e. The van der Waals surface area contributed by atoms with Gasteiger partial charge in [0.2, 0.25) is 0 Å². The van der Waals surface area contributed by atoms with E-state index in [2.05, 4.69) is 16.8 Å². The van der Waals surface area contributed by atoms with Gasteiger partial charge in [-0.2, -0.15) is 0 Å². The first kappa shape index (κ1) is 12.5. The predicted molar refractivity (Wildman–Crippen MR) is 82.5 cm³/mol. The van der Waals surface area contributed by atoms with Gasteiger partial charge in [0.25, 0.3) is 0 Å². The lowest BCUT2D eigenvalue weighted by molar-refractivity contribution is -0.00252. The summed E-state index contributed by atoms with van der Waals surface area (Å²) in [6, 6.07) is 2.65. The van der Waals surface area contributed by atoms with E-state index in [1.54, 1.807) is 6.20 Å². The van der Waals surface area contributed by atoms with Crippen LogP contribution in [0, 0.1) is 23.7 Å². The van der Waals surface area contributed by atoms with E-state index >= 15 is 0 Å². The van der Waals surface area contributed by atoms with Crippen molar-refractivity contribution < 1.29 is 0 Å². The average molecular weight is 271 g/mol. The molecular weight excluding hydrogens is 246 g/mol. The largest absolute Gasteiger partial charge is 0.397 e. The highest BCUT2D eigenvalue weighted by atomic mass is 15.2. The van der Waals surface area contributed by atoms with Gasteiger partial charge in [-0.1, -0.05) is 0 Å². The quantitative estimate of drug-likeness (QED) is 0.917. The molecule has 20 heavy (non-hydrogen) atoms. The number of nitrogen functional groups attached to an aromatic ring is 1. The average Bonchev–Trinajstić information content (AvgIpc) is 2.43. The fraction of sp³-hybridized carbons (Fsp3) is 0.706. The zero-order chi connectivity index (χ0) is 13.7. The zero-order valence-corrected chi connectivity index (χ0v) is 12.3. The van der Waals surface area contributed by atoms with Crippen LogP contribution in [-0.2, 0) is 0 Å². The van der Waals surface area contributed by atoms with E-state index in [1.165, 1.54) is 32.1 Å². The first-order chi connectivity index (χ1) is 9.76. The molecule has 0 atom stereocenters. The Morgan fingerprint density at radius 3 is 2.35 bits per heavy atom. The summed E-state index contributed by atoms with van der Waals surface area (Å²) in [5.41, 5.74) is 8.25. The van der Waals surface area contributed by atoms with Gasteiger partial charge in [-0.25, -0.2) is 0 Å². The Kier molecular flexibility index (Phi) is 2.90. The summed E-state index contributed by atoms with van der Waals surface area (Å²) in [6.07, 6.45) is 11.1. The van der Waals surface area contributed by atoms with Gasteiger partial charge in [-0.3, -0.25) is 4.98 Å². The summed E-state index contributed by atoms with van der Waals surface area (Å²) in [5.74, 6) is 3.84. The molecule has 1 aromatic heterocycles. The summed E-state index contributed by atoms with van der Waals surface area (Å²) >= 11 is 0. The molecule has 0 spiro atoms. The highest BCUT2D eigenvalue weighted by Gasteiger charge is 2.50. The molecule has 4 aliphatic carbocycles. The Morgan fingerprint density at radius 1 is 1.15 bits per heavy atom. The summed E-state index contributed by atoms with van der Waals surface area (Å²) < 4.78 is 0. The molecule has 108 valence electrons. The first-order valence-electron chi connectivity index (χ1n) is 8.22. The molecular formula is C17H25N3. The van der Waals surface area contributed by atoms with Crippen molar-refractivity contribution in [2.24, 2.45) is 23.7 Å². The molecule has 3 nitrogen and oxygen atoms in total. The van der Waals surface area contributed by atoms with Gasteiger partial charge < -0.3 is 10.6 Å². The van der Waals surface area contributed by atoms with Crippen molar-refractivity contribution >= 4 is 11.4 Å². The van der Waals surface area contributed by atoms with Crippen molar-refractivity contribution in [2.75, 3.05) is 17.2 Å². The van der Waals surface area contributed by atoms with E-state index in [-0.39, 0.29) is 0 Å². The SMILES string of the molecule is CCN(c1cnccc1N)C1C2CC3CC(C2)CC1C3. The number of rotatable bonds is 3. The molecule has 0 unspecified atom stereocenters. The Labute approximate surface area is 121 Å². The van der Waals surface area contributed by atoms with E-state index in [0.717, 1.165) is 41.6 Å². The molecule has 0 aliphatic heterocycles. The van der Waals surface area contributed by atoms with Crippen LogP contribution in [0.1, 0.15) is 39.0 Å². The zero-order valence-electron chi connectivity index (χ0n) is 12.3. The molecule has 0 aromatic carbocycles. The van der Waals surface area contributed by atoms with Crippen LogP contribution in [0.5, 0.6) is 0 Å². The third kappa shape index (κ3) is 1.82. The lowest BCUT2D eigenvalue weighted by Gasteiger charge is -2.57. The maximum absolute atomic E-state index is 6.21. The molecule has 0 saturated heterocycles. The molecule has 1 aromatic rings. The number of nitrogens with two attached hydrogens (primary N) is 1. The summed E-state index contributed by atoms with van der Waals surface area (Å²) in [4.78, 5) is 6.87. The van der Waals surface area contributed by atoms with Gasteiger partial charge in [0, 0.05) is 18.8 Å². The molecule has 0 amide bonds. The van der Waals surface area contributed by atoms with Crippen LogP contribution < -0.4 is 10.6 Å². The number of hydrogen-bond acceptors (Lipinski definition) is 3. The Bertz CT molecular complexity index is 471. The van der Waals surface area contributed by atoms with Gasteiger partial charge in [0.05, 0.1) is 17.6 Å². The minimum absolute atomic E-state index is 0.708. The van der Waals surface area contributed by atoms with E-state index in [0.29, 0.717) is 6.04 Å². The van der Waals surface area contributed by atoms with Crippen molar-refractivity contribution in [3.63, 3.8) is 0 Å². The Hall–Kier alpha value is -1.25. The maximum Gasteiger partial charge on any atom is 0.0788 e. The monoisotopic (exact) mass is 271 g/mol. The van der Waals surface area contributed by atoms with Crippen LogP contribution in [0.2, 0.25) is 0 Å². The molecule has 3 heteroatoms. The Balaban J connectivity index is 1.67. The predicted octanol–water partition coefficient (Wildman–Crippen LogP) is 3.31. The smallest absolute Gasteiger partial charge is 0.0788 e. The third-order valence-corrected chi connectivity index (χ3v) is 6.02. The van der Waals surface area contributed by atoms with Crippen molar-refractivity contribution in [3.05, 3.63) is 18.5 Å². The van der Waals surface area contributed by atoms with E-state index in [4.69, 9.17) is 5.73 Å². The summed E-state index contributed by atoms with van der Waals surface area (Å²) in [7, 11) is 0. The standard InChI is InChI=1S/C17H25N3/c1-2-20(16-10-19-4-3-15(16)18)17-13-6-11-5-12(8-13)9-14(17)7-11/h3-4,10-14,17H,2,5-9H2,1H3,(H2,18,19). The molecule has 4 fully saturated rings. The topological polar surface area (TPSA) is 42.2 Å². The van der Waals surface area contributed by atoms with Crippen molar-refractivity contribution in [2.45, 2.75) is 45.1 Å². The summed E-state index contributed by atoms with van der Waals surface area (Å²) in [6.45, 7) is 3.31. The second-order valence-corrected chi connectivity index (χ2v) is 7.14. The van der Waals surface area contributed by atoms with Gasteiger partial charge >= 0.3 is 0 Å². The molecule has 0 radical (unpaired) electrons. The van der Waals surface area contributed by atoms with E-state index in [1.807, 2.05) is 12.3 Å². The van der Waals surface area contributed by atoms with Gasteiger partial charge in [0.15, 0.2) is 0 Å². The maximum atomic E-state index is 6.21. The fourth-order valence-electron chi connectivity index (χ4n) is 5.58. The third-order valence-electron chi connectivity index (χ3n) is 6.02. The number of anilines is 2. The highest BCUT2D eigenvalue weighted by molar-refractivity contribution is 5.66. The number of nitrogens with zero attached hydrogens (tertiary/aromatic N) is 2. The molecule has 1 heterocycles. The molecule has 2 N–H and O–H groups in total. The van der Waals surface area contributed by atoms with Crippen molar-refractivity contribution in [1.82, 2.24) is 4.98 Å². The van der Waals surface area contributed by atoms with Crippen molar-refractivity contribution in [3.8, 4) is 0 Å². The first-order valence-corrected chi connectivity index (χ1v) is 8.22. The second kappa shape index (κ2) is 4.64. The summed E-state index contributed by atoms with van der Waals surface area (Å²) in [5, 5.41) is 0. The lowest BCUT2D eigenvalue weighted by atomic mass is 9.54. The lowest BCUT2D eigenvalue weighted by Crippen LogP contribution is -2.56. The molecule has 4 aliphatic rings. The van der Waals surface area contributed by atoms with Crippen LogP contribution in [0.4, 0.5) is 11.4 Å². The van der Waals surface area contributed by atoms with Gasteiger partial charge in [0.1, 0.15) is 0 Å². The van der Waals surface area contributed by atoms with Gasteiger partial charge in [-0.15, -0.1) is 0 Å². The number of pyridine rings is 1. The van der Waals surface area contributed by atoms with Crippen LogP contribution in [-0.4, -0.2) is 17.6 Å². The van der Waals surface area contributed by atoms with Crippen LogP contribution in [0.25, 0.3) is 0 Å². The highest BCUT2D eigenvalue weighted by Crippen LogP contribution is 2.55. The van der Waals surface area contributed by atoms with Crippen LogP contribution in [0.3, 0.4) is 0 Å². The fourth-order valence-corrected chi connectivity index (χ4v) is 5.58. The molecule has 4 bridgehead atoms. The number of aromatic nitrogens is 1. The van der Waals surface area contributed by atoms with Gasteiger partial charge in [-0.05, 0) is 68.8 Å². The number of hydrogen-bond donors (Lipinski definition) is 1. The van der Waals surface area contributed by atoms with E-state index in [9.17, 15) is 0 Å². The second-order valence-electron chi connectivity index (χ2n) is 7.14. The molecule has 4 saturated carbocycles. The minimum atomic E-state index is 0.708. The van der Waals surface area contributed by atoms with Crippen LogP contribution >= 0.6 is 0 Å². The van der Waals surface area contributed by atoms with Crippen LogP contribution in [0.15, 0.2) is 18.5 Å². The molecule has 5 rings (SSSR count). The Morgan fingerprint density at radius 2 is 1.80 bits per heavy atom. The van der Waals surface area contributed by atoms with Crippen molar-refractivity contribution in [1.29, 1.82) is 0 Å².